The number of thiophene rings is 1. The maximum atomic E-state index is 12.1. The Morgan fingerprint density at radius 2 is 2.53 bits per heavy atom. The molecule has 0 spiro atoms. The quantitative estimate of drug-likeness (QED) is 0.816. The lowest BCUT2D eigenvalue weighted by molar-refractivity contribution is -0.132. The van der Waals surface area contributed by atoms with E-state index in [9.17, 15) is 4.79 Å². The summed E-state index contributed by atoms with van der Waals surface area (Å²) < 4.78 is 0. The predicted octanol–water partition coefficient (Wildman–Crippen LogP) is 2.41. The van der Waals surface area contributed by atoms with Crippen molar-refractivity contribution in [2.75, 3.05) is 20.1 Å². The lowest BCUT2D eigenvalue weighted by Crippen LogP contribution is -2.30. The van der Waals surface area contributed by atoms with E-state index in [1.807, 2.05) is 7.05 Å². The van der Waals surface area contributed by atoms with Crippen LogP contribution in [0, 0.1) is 0 Å². The van der Waals surface area contributed by atoms with Crippen molar-refractivity contribution in [1.29, 1.82) is 0 Å². The van der Waals surface area contributed by atoms with E-state index in [-0.39, 0.29) is 0 Å². The van der Waals surface area contributed by atoms with Gasteiger partial charge in [0.15, 0.2) is 0 Å². The third-order valence-electron chi connectivity index (χ3n) is 3.32. The van der Waals surface area contributed by atoms with Gasteiger partial charge in [-0.15, -0.1) is 0 Å². The molecule has 0 saturated carbocycles. The van der Waals surface area contributed by atoms with Crippen molar-refractivity contribution in [2.24, 2.45) is 0 Å². The Kier molecular flexibility index (Phi) is 4.57. The van der Waals surface area contributed by atoms with Crippen LogP contribution in [0.25, 0.3) is 0 Å². The summed E-state index contributed by atoms with van der Waals surface area (Å²) in [6.07, 6.45) is 3.86. The molecule has 1 fully saturated rings. The summed E-state index contributed by atoms with van der Waals surface area (Å²) in [6, 6.07) is 2.48. The normalized spacial score (nSPS) is 19.8. The van der Waals surface area contributed by atoms with Crippen molar-refractivity contribution in [1.82, 2.24) is 10.2 Å². The summed E-state index contributed by atoms with van der Waals surface area (Å²) in [5.41, 5.74) is 1.31. The molecule has 1 saturated heterocycles. The fourth-order valence-corrected chi connectivity index (χ4v) is 3.14. The molecule has 2 rings (SSSR count). The zero-order chi connectivity index (χ0) is 12.1. The van der Waals surface area contributed by atoms with E-state index >= 15 is 0 Å². The van der Waals surface area contributed by atoms with E-state index in [1.165, 1.54) is 5.56 Å². The summed E-state index contributed by atoms with van der Waals surface area (Å²) in [4.78, 5) is 14.2. The summed E-state index contributed by atoms with van der Waals surface area (Å²) in [5, 5.41) is 7.35. The standard InChI is InChI=1S/C13H20N2OS/c1-14-7-2-5-13(16)15-8-3-4-12(15)11-6-9-17-10-11/h6,9-10,12,14H,2-5,7-8H2,1H3. The number of amides is 1. The Morgan fingerprint density at radius 3 is 3.24 bits per heavy atom. The molecular weight excluding hydrogens is 232 g/mol. The second kappa shape index (κ2) is 6.17. The molecule has 4 heteroatoms. The molecule has 17 heavy (non-hydrogen) atoms. The molecule has 0 aliphatic carbocycles. The van der Waals surface area contributed by atoms with Crippen LogP contribution in [0.3, 0.4) is 0 Å². The third-order valence-corrected chi connectivity index (χ3v) is 4.02. The molecule has 0 bridgehead atoms. The lowest BCUT2D eigenvalue weighted by Gasteiger charge is -2.24. The zero-order valence-electron chi connectivity index (χ0n) is 10.3. The fraction of sp³-hybridized carbons (Fsp3) is 0.615. The molecule has 0 radical (unpaired) electrons. The first-order valence-corrected chi connectivity index (χ1v) is 7.23. The molecule has 1 aliphatic rings. The van der Waals surface area contributed by atoms with Crippen LogP contribution in [-0.2, 0) is 4.79 Å². The van der Waals surface area contributed by atoms with Gasteiger partial charge in [-0.25, -0.2) is 0 Å². The Bertz CT molecular complexity index is 350. The largest absolute Gasteiger partial charge is 0.336 e. The highest BCUT2D eigenvalue weighted by Crippen LogP contribution is 2.33. The van der Waals surface area contributed by atoms with Crippen molar-refractivity contribution in [2.45, 2.75) is 31.7 Å². The van der Waals surface area contributed by atoms with Gasteiger partial charge < -0.3 is 10.2 Å². The number of rotatable bonds is 5. The fourth-order valence-electron chi connectivity index (χ4n) is 2.44. The van der Waals surface area contributed by atoms with Crippen LogP contribution >= 0.6 is 11.3 Å². The molecule has 3 nitrogen and oxygen atoms in total. The van der Waals surface area contributed by atoms with E-state index in [4.69, 9.17) is 0 Å². The van der Waals surface area contributed by atoms with Gasteiger partial charge in [0.25, 0.3) is 0 Å². The Balaban J connectivity index is 1.93. The highest BCUT2D eigenvalue weighted by molar-refractivity contribution is 7.07. The second-order valence-corrected chi connectivity index (χ2v) is 5.29. The molecule has 0 aromatic carbocycles. The highest BCUT2D eigenvalue weighted by atomic mass is 32.1. The smallest absolute Gasteiger partial charge is 0.223 e. The predicted molar refractivity (Wildman–Crippen MR) is 71.2 cm³/mol. The van der Waals surface area contributed by atoms with E-state index in [1.54, 1.807) is 11.3 Å². The number of hydrogen-bond donors (Lipinski definition) is 1. The van der Waals surface area contributed by atoms with Crippen LogP contribution in [-0.4, -0.2) is 30.9 Å². The van der Waals surface area contributed by atoms with Crippen LogP contribution in [0.2, 0.25) is 0 Å². The maximum Gasteiger partial charge on any atom is 0.223 e. The summed E-state index contributed by atoms with van der Waals surface area (Å²) in [6.45, 7) is 1.85. The van der Waals surface area contributed by atoms with Gasteiger partial charge in [0.05, 0.1) is 6.04 Å². The number of carbonyl (C=O) groups excluding carboxylic acids is 1. The first-order chi connectivity index (χ1) is 8.33. The van der Waals surface area contributed by atoms with Gasteiger partial charge in [-0.1, -0.05) is 0 Å². The Morgan fingerprint density at radius 1 is 1.65 bits per heavy atom. The maximum absolute atomic E-state index is 12.1. The third kappa shape index (κ3) is 3.07. The summed E-state index contributed by atoms with van der Waals surface area (Å²) in [5.74, 6) is 0.314. The number of nitrogens with one attached hydrogen (secondary N) is 1. The summed E-state index contributed by atoms with van der Waals surface area (Å²) >= 11 is 1.71. The molecular formula is C13H20N2OS. The molecule has 1 aromatic heterocycles. The van der Waals surface area contributed by atoms with E-state index < -0.39 is 0 Å². The number of likely N-dealkylation sites (tertiary alicyclic amines) is 1. The van der Waals surface area contributed by atoms with Crippen molar-refractivity contribution in [3.63, 3.8) is 0 Å². The van der Waals surface area contributed by atoms with Gasteiger partial charge in [-0.2, -0.15) is 11.3 Å². The average Bonchev–Trinajstić information content (AvgIpc) is 2.99. The average molecular weight is 252 g/mol. The number of carbonyl (C=O) groups is 1. The van der Waals surface area contributed by atoms with Crippen molar-refractivity contribution in [3.8, 4) is 0 Å². The highest BCUT2D eigenvalue weighted by Gasteiger charge is 2.29. The van der Waals surface area contributed by atoms with E-state index in [2.05, 4.69) is 27.0 Å². The molecule has 1 unspecified atom stereocenters. The Hall–Kier alpha value is -0.870. The number of hydrogen-bond acceptors (Lipinski definition) is 3. The van der Waals surface area contributed by atoms with Gasteiger partial charge in [-0.05, 0) is 55.2 Å². The van der Waals surface area contributed by atoms with E-state index in [0.717, 1.165) is 32.4 Å². The van der Waals surface area contributed by atoms with Crippen LogP contribution in [0.4, 0.5) is 0 Å². The van der Waals surface area contributed by atoms with E-state index in [0.29, 0.717) is 18.4 Å². The molecule has 2 heterocycles. The second-order valence-electron chi connectivity index (χ2n) is 4.51. The topological polar surface area (TPSA) is 32.3 Å². The van der Waals surface area contributed by atoms with Crippen LogP contribution < -0.4 is 5.32 Å². The minimum absolute atomic E-state index is 0.314. The van der Waals surface area contributed by atoms with Crippen molar-refractivity contribution < 1.29 is 4.79 Å². The minimum atomic E-state index is 0.314. The number of nitrogens with zero attached hydrogens (tertiary/aromatic N) is 1. The van der Waals surface area contributed by atoms with Gasteiger partial charge in [0, 0.05) is 13.0 Å². The zero-order valence-corrected chi connectivity index (χ0v) is 11.1. The Labute approximate surface area is 107 Å². The monoisotopic (exact) mass is 252 g/mol. The SMILES string of the molecule is CNCCCC(=O)N1CCCC1c1ccsc1. The molecule has 1 atom stereocenters. The first kappa shape index (κ1) is 12.6. The van der Waals surface area contributed by atoms with Crippen LogP contribution in [0.5, 0.6) is 0 Å². The van der Waals surface area contributed by atoms with Gasteiger partial charge in [0.1, 0.15) is 0 Å². The van der Waals surface area contributed by atoms with Crippen molar-refractivity contribution in [3.05, 3.63) is 22.4 Å². The van der Waals surface area contributed by atoms with Crippen molar-refractivity contribution >= 4 is 17.2 Å². The minimum Gasteiger partial charge on any atom is -0.336 e. The molecule has 1 amide bonds. The molecule has 1 aromatic rings. The van der Waals surface area contributed by atoms with Crippen LogP contribution in [0.15, 0.2) is 16.8 Å². The summed E-state index contributed by atoms with van der Waals surface area (Å²) in [7, 11) is 1.93. The lowest BCUT2D eigenvalue weighted by atomic mass is 10.1. The van der Waals surface area contributed by atoms with Gasteiger partial charge in [0.2, 0.25) is 5.91 Å². The van der Waals surface area contributed by atoms with Gasteiger partial charge >= 0.3 is 0 Å². The molecule has 94 valence electrons. The molecule has 1 N–H and O–H groups in total. The molecule has 1 aliphatic heterocycles. The van der Waals surface area contributed by atoms with Gasteiger partial charge in [-0.3, -0.25) is 4.79 Å². The first-order valence-electron chi connectivity index (χ1n) is 6.29. The van der Waals surface area contributed by atoms with Crippen LogP contribution in [0.1, 0.15) is 37.3 Å².